The van der Waals surface area contributed by atoms with E-state index in [1.807, 2.05) is 24.3 Å². The van der Waals surface area contributed by atoms with Gasteiger partial charge in [0.25, 0.3) is 0 Å². The molecule has 1 saturated heterocycles. The number of fused-ring (bicyclic) bond motifs is 1. The molecule has 0 radical (unpaired) electrons. The maximum atomic E-state index is 12.2. The number of thioether (sulfide) groups is 1. The van der Waals surface area contributed by atoms with Gasteiger partial charge in [-0.3, -0.25) is 4.99 Å². The summed E-state index contributed by atoms with van der Waals surface area (Å²) in [4.78, 5) is 6.90. The van der Waals surface area contributed by atoms with Crippen molar-refractivity contribution < 1.29 is 8.42 Å². The number of nitrogens with zero attached hydrogens (tertiary/aromatic N) is 2. The number of sulfone groups is 1. The molecule has 0 bridgehead atoms. The Morgan fingerprint density at radius 3 is 2.67 bits per heavy atom. The van der Waals surface area contributed by atoms with E-state index >= 15 is 0 Å². The van der Waals surface area contributed by atoms with Crippen molar-refractivity contribution in [3.63, 3.8) is 0 Å². The number of hydrogen-bond donors (Lipinski definition) is 0. The van der Waals surface area contributed by atoms with E-state index in [4.69, 9.17) is 16.6 Å². The Hall–Kier alpha value is -1.50. The fourth-order valence-corrected chi connectivity index (χ4v) is 6.82. The van der Waals surface area contributed by atoms with E-state index in [0.717, 1.165) is 21.4 Å². The molecule has 0 N–H and O–H groups in total. The highest BCUT2D eigenvalue weighted by Crippen LogP contribution is 2.37. The molecule has 0 aliphatic carbocycles. The van der Waals surface area contributed by atoms with Crippen LogP contribution in [0.5, 0.6) is 0 Å². The summed E-state index contributed by atoms with van der Waals surface area (Å²) in [5.74, 6) is 0.992. The number of hydrogen-bond acceptors (Lipinski definition) is 5. The van der Waals surface area contributed by atoms with Gasteiger partial charge in [-0.05, 0) is 48.7 Å². The molecule has 142 valence electrons. The second kappa shape index (κ2) is 7.15. The topological polar surface area (TPSA) is 49.7 Å². The van der Waals surface area contributed by atoms with Gasteiger partial charge in [0.15, 0.2) is 15.0 Å². The largest absolute Gasteiger partial charge is 0.315 e. The van der Waals surface area contributed by atoms with Gasteiger partial charge < -0.3 is 4.90 Å². The molecule has 2 aromatic carbocycles. The van der Waals surface area contributed by atoms with Crippen molar-refractivity contribution in [2.75, 3.05) is 16.4 Å². The maximum Gasteiger partial charge on any atom is 0.164 e. The lowest BCUT2D eigenvalue weighted by Crippen LogP contribution is -2.39. The highest BCUT2D eigenvalue weighted by atomic mass is 35.5. The molecule has 2 aliphatic rings. The Bertz CT molecular complexity index is 1020. The zero-order valence-electron chi connectivity index (χ0n) is 15.2. The highest BCUT2D eigenvalue weighted by Gasteiger charge is 2.47. The molecule has 2 heterocycles. The molecular weight excluding hydrogens is 400 g/mol. The Labute approximate surface area is 169 Å². The van der Waals surface area contributed by atoms with Crippen molar-refractivity contribution in [1.29, 1.82) is 0 Å². The van der Waals surface area contributed by atoms with Gasteiger partial charge in [-0.25, -0.2) is 8.42 Å². The Kier molecular flexibility index (Phi) is 4.99. The molecule has 0 aromatic heterocycles. The van der Waals surface area contributed by atoms with Crippen LogP contribution in [0.2, 0.25) is 5.02 Å². The van der Waals surface area contributed by atoms with E-state index in [2.05, 4.69) is 36.9 Å². The predicted molar refractivity (Wildman–Crippen MR) is 115 cm³/mol. The van der Waals surface area contributed by atoms with E-state index < -0.39 is 9.84 Å². The van der Waals surface area contributed by atoms with Crippen molar-refractivity contribution in [3.8, 4) is 0 Å². The minimum atomic E-state index is -3.04. The number of anilines is 1. The minimum absolute atomic E-state index is 0.120. The van der Waals surface area contributed by atoms with Gasteiger partial charge in [0.05, 0.1) is 23.6 Å². The SMILES string of the molecule is Cc1ccc(N2C(SCc3ccccc3Cl)=N[C@H]3CS(=O)(=O)C[C@@H]32)cc1C. The van der Waals surface area contributed by atoms with Crippen LogP contribution < -0.4 is 4.90 Å². The summed E-state index contributed by atoms with van der Waals surface area (Å²) in [6.07, 6.45) is 0. The van der Waals surface area contributed by atoms with Crippen LogP contribution in [0.1, 0.15) is 16.7 Å². The lowest BCUT2D eigenvalue weighted by Gasteiger charge is -2.27. The lowest BCUT2D eigenvalue weighted by atomic mass is 10.1. The van der Waals surface area contributed by atoms with E-state index in [9.17, 15) is 8.42 Å². The van der Waals surface area contributed by atoms with Crippen molar-refractivity contribution >= 4 is 44.1 Å². The molecule has 2 aromatic rings. The van der Waals surface area contributed by atoms with Crippen molar-refractivity contribution in [2.45, 2.75) is 31.7 Å². The first-order chi connectivity index (χ1) is 12.8. The summed E-state index contributed by atoms with van der Waals surface area (Å²) in [6.45, 7) is 4.15. The van der Waals surface area contributed by atoms with Gasteiger partial charge in [-0.1, -0.05) is 47.6 Å². The quantitative estimate of drug-likeness (QED) is 0.745. The monoisotopic (exact) mass is 420 g/mol. The number of amidine groups is 1. The smallest absolute Gasteiger partial charge is 0.164 e. The highest BCUT2D eigenvalue weighted by molar-refractivity contribution is 8.13. The van der Waals surface area contributed by atoms with E-state index in [0.29, 0.717) is 5.75 Å². The third-order valence-corrected chi connectivity index (χ3v) is 8.27. The van der Waals surface area contributed by atoms with Crippen LogP contribution >= 0.6 is 23.4 Å². The van der Waals surface area contributed by atoms with Gasteiger partial charge in [-0.15, -0.1) is 0 Å². The zero-order chi connectivity index (χ0) is 19.2. The third-order valence-electron chi connectivity index (χ3n) is 5.19. The van der Waals surface area contributed by atoms with E-state index in [1.54, 1.807) is 11.8 Å². The summed E-state index contributed by atoms with van der Waals surface area (Å²) in [7, 11) is -3.04. The summed E-state index contributed by atoms with van der Waals surface area (Å²) in [6, 6.07) is 13.7. The maximum absolute atomic E-state index is 12.2. The average molecular weight is 421 g/mol. The fourth-order valence-electron chi connectivity index (χ4n) is 3.57. The molecule has 2 aliphatic heterocycles. The summed E-state index contributed by atoms with van der Waals surface area (Å²) in [5, 5.41) is 1.62. The molecule has 0 amide bonds. The van der Waals surface area contributed by atoms with Crippen LogP contribution in [0, 0.1) is 13.8 Å². The molecule has 0 unspecified atom stereocenters. The van der Waals surface area contributed by atoms with Crippen LogP contribution in [0.15, 0.2) is 47.5 Å². The summed E-state index contributed by atoms with van der Waals surface area (Å²) in [5.41, 5.74) is 4.47. The first-order valence-electron chi connectivity index (χ1n) is 8.85. The number of rotatable bonds is 3. The number of benzene rings is 2. The normalized spacial score (nSPS) is 23.4. The molecule has 0 saturated carbocycles. The van der Waals surface area contributed by atoms with Crippen molar-refractivity contribution in [1.82, 2.24) is 0 Å². The fraction of sp³-hybridized carbons (Fsp3) is 0.350. The summed E-state index contributed by atoms with van der Waals surface area (Å²) >= 11 is 7.91. The number of halogens is 1. The molecule has 4 rings (SSSR count). The van der Waals surface area contributed by atoms with Crippen LogP contribution in [0.25, 0.3) is 0 Å². The van der Waals surface area contributed by atoms with Crippen molar-refractivity contribution in [3.05, 3.63) is 64.2 Å². The first-order valence-corrected chi connectivity index (χ1v) is 12.0. The standard InChI is InChI=1S/C20H21ClN2O2S2/c1-13-7-8-16(9-14(13)2)23-19-12-27(24,25)11-18(19)22-20(23)26-10-15-5-3-4-6-17(15)21/h3-9,18-19H,10-12H2,1-2H3/t18-,19-/m0/s1. The van der Waals surface area contributed by atoms with Crippen LogP contribution in [0.3, 0.4) is 0 Å². The molecule has 7 heteroatoms. The summed E-state index contributed by atoms with van der Waals surface area (Å²) < 4.78 is 24.3. The molecule has 2 atom stereocenters. The molecule has 0 spiro atoms. The minimum Gasteiger partial charge on any atom is -0.315 e. The second-order valence-corrected chi connectivity index (χ2v) is 10.6. The lowest BCUT2D eigenvalue weighted by molar-refractivity contribution is 0.601. The van der Waals surface area contributed by atoms with E-state index in [-0.39, 0.29) is 23.6 Å². The van der Waals surface area contributed by atoms with E-state index in [1.165, 1.54) is 11.1 Å². The Balaban J connectivity index is 1.65. The van der Waals surface area contributed by atoms with Gasteiger partial charge in [-0.2, -0.15) is 0 Å². The van der Waals surface area contributed by atoms with Gasteiger partial charge >= 0.3 is 0 Å². The van der Waals surface area contributed by atoms with Crippen LogP contribution in [0.4, 0.5) is 5.69 Å². The first kappa shape index (κ1) is 18.8. The van der Waals surface area contributed by atoms with Gasteiger partial charge in [0.1, 0.15) is 0 Å². The van der Waals surface area contributed by atoms with Gasteiger partial charge in [0.2, 0.25) is 0 Å². The van der Waals surface area contributed by atoms with Gasteiger partial charge in [0, 0.05) is 16.5 Å². The van der Waals surface area contributed by atoms with Crippen molar-refractivity contribution in [2.24, 2.45) is 4.99 Å². The average Bonchev–Trinajstić information content (AvgIpc) is 3.08. The number of aliphatic imine (C=N–C) groups is 1. The third kappa shape index (κ3) is 3.75. The molecular formula is C20H21ClN2O2S2. The molecule has 27 heavy (non-hydrogen) atoms. The Morgan fingerprint density at radius 1 is 1.15 bits per heavy atom. The van der Waals surface area contributed by atoms with Crippen LogP contribution in [-0.2, 0) is 15.6 Å². The second-order valence-electron chi connectivity index (χ2n) is 7.14. The zero-order valence-corrected chi connectivity index (χ0v) is 17.6. The van der Waals surface area contributed by atoms with Crippen LogP contribution in [-0.4, -0.2) is 37.2 Å². The molecule has 1 fully saturated rings. The Morgan fingerprint density at radius 2 is 1.93 bits per heavy atom. The predicted octanol–water partition coefficient (Wildman–Crippen LogP) is 4.23. The number of aryl methyl sites for hydroxylation is 2. The molecule has 4 nitrogen and oxygen atoms in total.